The minimum atomic E-state index is 0.162. The number of halogens is 2. The average Bonchev–Trinajstić information content (AvgIpc) is 2.59. The Morgan fingerprint density at radius 2 is 1.58 bits per heavy atom. The van der Waals surface area contributed by atoms with E-state index in [1.807, 2.05) is 12.1 Å². The fraction of sp³-hybridized carbons (Fsp3) is 0. The minimum absolute atomic E-state index is 0.162. The van der Waals surface area contributed by atoms with Crippen molar-refractivity contribution in [2.24, 2.45) is 0 Å². The number of pyridine rings is 2. The molecule has 0 saturated heterocycles. The van der Waals surface area contributed by atoms with Gasteiger partial charge in [-0.25, -0.2) is 0 Å². The van der Waals surface area contributed by atoms with Gasteiger partial charge in [0, 0.05) is 23.2 Å². The average molecular weight is 359 g/mol. The van der Waals surface area contributed by atoms with Crippen LogP contribution >= 0.6 is 23.2 Å². The highest BCUT2D eigenvalue weighted by atomic mass is 35.5. The first kappa shape index (κ1) is 16.3. The van der Waals surface area contributed by atoms with Crippen molar-refractivity contribution < 1.29 is 10.2 Å². The van der Waals surface area contributed by atoms with Crippen LogP contribution in [0.25, 0.3) is 21.8 Å². The van der Waals surface area contributed by atoms with Gasteiger partial charge in [-0.15, -0.1) is 0 Å². The van der Waals surface area contributed by atoms with E-state index in [-0.39, 0.29) is 11.5 Å². The van der Waals surface area contributed by atoms with E-state index in [9.17, 15) is 10.2 Å². The second-order valence-corrected chi connectivity index (χ2v) is 5.81. The number of fused-ring (bicyclic) bond motifs is 2. The molecule has 2 heterocycles. The van der Waals surface area contributed by atoms with Gasteiger partial charge in [0.05, 0.1) is 10.0 Å². The van der Waals surface area contributed by atoms with Crippen LogP contribution in [0.15, 0.2) is 60.9 Å². The quantitative estimate of drug-likeness (QED) is 0.454. The summed E-state index contributed by atoms with van der Waals surface area (Å²) in [6.07, 6.45) is 3.14. The Balaban J connectivity index is 0.000000141. The summed E-state index contributed by atoms with van der Waals surface area (Å²) in [5.41, 5.74) is 1.13. The molecule has 2 N–H and O–H groups in total. The van der Waals surface area contributed by atoms with E-state index in [0.717, 1.165) is 10.8 Å². The standard InChI is InChI=1S/2C9H6ClNO/c10-7-3-4-8(12)9-6(7)2-1-5-11-9;10-7-4-6-2-1-3-8(12)9(6)11-5-7/h2*1-5,12H. The maximum atomic E-state index is 9.37. The number of hydrogen-bond acceptors (Lipinski definition) is 4. The molecule has 0 spiro atoms. The highest BCUT2D eigenvalue weighted by molar-refractivity contribution is 6.35. The number of aromatic nitrogens is 2. The molecule has 2 aromatic heterocycles. The molecule has 0 saturated carbocycles. The molecule has 0 aliphatic carbocycles. The van der Waals surface area contributed by atoms with Crippen molar-refractivity contribution in [1.82, 2.24) is 9.97 Å². The predicted molar refractivity (Wildman–Crippen MR) is 96.8 cm³/mol. The summed E-state index contributed by atoms with van der Waals surface area (Å²) >= 11 is 11.6. The van der Waals surface area contributed by atoms with Crippen LogP contribution in [-0.2, 0) is 0 Å². The SMILES string of the molecule is Oc1ccc(Cl)c2cccnc12.Oc1cccc2cc(Cl)cnc12. The van der Waals surface area contributed by atoms with Crippen LogP contribution in [0.5, 0.6) is 11.5 Å². The Kier molecular flexibility index (Phi) is 4.69. The Bertz CT molecular complexity index is 982. The molecule has 4 rings (SSSR count). The van der Waals surface area contributed by atoms with Crippen molar-refractivity contribution in [1.29, 1.82) is 0 Å². The van der Waals surface area contributed by atoms with E-state index in [1.54, 1.807) is 36.5 Å². The summed E-state index contributed by atoms with van der Waals surface area (Å²) < 4.78 is 0. The second kappa shape index (κ2) is 6.91. The smallest absolute Gasteiger partial charge is 0.141 e. The van der Waals surface area contributed by atoms with Crippen LogP contribution in [0.1, 0.15) is 0 Å². The molecule has 4 aromatic rings. The van der Waals surface area contributed by atoms with Gasteiger partial charge in [-0.1, -0.05) is 35.3 Å². The number of phenolic OH excluding ortho intramolecular Hbond substituents is 2. The summed E-state index contributed by atoms with van der Waals surface area (Å²) in [6.45, 7) is 0. The summed E-state index contributed by atoms with van der Waals surface area (Å²) in [4.78, 5) is 8.01. The lowest BCUT2D eigenvalue weighted by molar-refractivity contribution is 0.480. The molecule has 0 aliphatic rings. The fourth-order valence-corrected chi connectivity index (χ4v) is 2.62. The molecule has 0 fully saturated rings. The van der Waals surface area contributed by atoms with E-state index < -0.39 is 0 Å². The van der Waals surface area contributed by atoms with Crippen molar-refractivity contribution in [3.05, 3.63) is 71.0 Å². The van der Waals surface area contributed by atoms with E-state index >= 15 is 0 Å². The van der Waals surface area contributed by atoms with Crippen molar-refractivity contribution in [3.8, 4) is 11.5 Å². The molecule has 120 valence electrons. The Morgan fingerprint density at radius 3 is 2.38 bits per heavy atom. The van der Waals surface area contributed by atoms with Gasteiger partial charge in [-0.2, -0.15) is 0 Å². The molecule has 24 heavy (non-hydrogen) atoms. The molecule has 0 radical (unpaired) electrons. The normalized spacial score (nSPS) is 10.4. The first-order valence-electron chi connectivity index (χ1n) is 7.01. The van der Waals surface area contributed by atoms with E-state index in [4.69, 9.17) is 23.2 Å². The first-order valence-corrected chi connectivity index (χ1v) is 7.77. The lowest BCUT2D eigenvalue weighted by Gasteiger charge is -2.00. The second-order valence-electron chi connectivity index (χ2n) is 4.97. The molecule has 0 unspecified atom stereocenters. The molecule has 0 amide bonds. The van der Waals surface area contributed by atoms with Gasteiger partial charge in [0.2, 0.25) is 0 Å². The highest BCUT2D eigenvalue weighted by Crippen LogP contribution is 2.28. The van der Waals surface area contributed by atoms with Gasteiger partial charge >= 0.3 is 0 Å². The zero-order valence-corrected chi connectivity index (χ0v) is 13.8. The largest absolute Gasteiger partial charge is 0.506 e. The lowest BCUT2D eigenvalue weighted by atomic mass is 10.2. The van der Waals surface area contributed by atoms with Crippen LogP contribution in [-0.4, -0.2) is 20.2 Å². The number of phenols is 2. The molecule has 6 heteroatoms. The fourth-order valence-electron chi connectivity index (χ4n) is 2.24. The van der Waals surface area contributed by atoms with Gasteiger partial charge in [0.1, 0.15) is 22.5 Å². The minimum Gasteiger partial charge on any atom is -0.506 e. The number of aromatic hydroxyl groups is 2. The van der Waals surface area contributed by atoms with Crippen LogP contribution in [0.2, 0.25) is 10.0 Å². The summed E-state index contributed by atoms with van der Waals surface area (Å²) in [5, 5.41) is 21.5. The van der Waals surface area contributed by atoms with Gasteiger partial charge in [-0.3, -0.25) is 9.97 Å². The zero-order chi connectivity index (χ0) is 17.1. The Hall–Kier alpha value is -2.56. The molecule has 2 aromatic carbocycles. The van der Waals surface area contributed by atoms with Gasteiger partial charge in [0.15, 0.2) is 0 Å². The summed E-state index contributed by atoms with van der Waals surface area (Å²) in [5.74, 6) is 0.346. The topological polar surface area (TPSA) is 66.2 Å². The Labute approximate surface area is 147 Å². The molecular weight excluding hydrogens is 347 g/mol. The highest BCUT2D eigenvalue weighted by Gasteiger charge is 2.02. The van der Waals surface area contributed by atoms with Gasteiger partial charge in [-0.05, 0) is 36.4 Å². The van der Waals surface area contributed by atoms with Crippen molar-refractivity contribution >= 4 is 45.0 Å². The summed E-state index contributed by atoms with van der Waals surface area (Å²) in [6, 6.07) is 13.8. The molecular formula is C18H12Cl2N2O2. The maximum Gasteiger partial charge on any atom is 0.141 e. The van der Waals surface area contributed by atoms with Crippen LogP contribution in [0.3, 0.4) is 0 Å². The third-order valence-electron chi connectivity index (χ3n) is 3.35. The van der Waals surface area contributed by atoms with Crippen LogP contribution < -0.4 is 0 Å². The molecule has 0 bridgehead atoms. The number of nitrogens with zero attached hydrogens (tertiary/aromatic N) is 2. The number of hydrogen-bond donors (Lipinski definition) is 2. The van der Waals surface area contributed by atoms with Crippen LogP contribution in [0, 0.1) is 0 Å². The number of rotatable bonds is 0. The van der Waals surface area contributed by atoms with Crippen molar-refractivity contribution in [3.63, 3.8) is 0 Å². The third-order valence-corrected chi connectivity index (χ3v) is 3.89. The van der Waals surface area contributed by atoms with E-state index in [1.165, 1.54) is 12.3 Å². The summed E-state index contributed by atoms with van der Waals surface area (Å²) in [7, 11) is 0. The Morgan fingerprint density at radius 1 is 0.792 bits per heavy atom. The van der Waals surface area contributed by atoms with E-state index in [0.29, 0.717) is 21.1 Å². The molecule has 4 nitrogen and oxygen atoms in total. The molecule has 0 aliphatic heterocycles. The van der Waals surface area contributed by atoms with Crippen LogP contribution in [0.4, 0.5) is 0 Å². The first-order chi connectivity index (χ1) is 11.6. The maximum absolute atomic E-state index is 9.37. The zero-order valence-electron chi connectivity index (χ0n) is 12.3. The van der Waals surface area contributed by atoms with Gasteiger partial charge < -0.3 is 10.2 Å². The predicted octanol–water partition coefficient (Wildman–Crippen LogP) is 5.19. The molecule has 0 atom stereocenters. The number of para-hydroxylation sites is 1. The third kappa shape index (κ3) is 3.35. The monoisotopic (exact) mass is 358 g/mol. The van der Waals surface area contributed by atoms with Crippen molar-refractivity contribution in [2.75, 3.05) is 0 Å². The van der Waals surface area contributed by atoms with Gasteiger partial charge in [0.25, 0.3) is 0 Å². The lowest BCUT2D eigenvalue weighted by Crippen LogP contribution is -1.78. The van der Waals surface area contributed by atoms with E-state index in [2.05, 4.69) is 9.97 Å². The number of benzene rings is 2. The van der Waals surface area contributed by atoms with Crippen molar-refractivity contribution in [2.45, 2.75) is 0 Å².